The van der Waals surface area contributed by atoms with Gasteiger partial charge in [-0.1, -0.05) is 6.92 Å². The highest BCUT2D eigenvalue weighted by Crippen LogP contribution is 2.30. The van der Waals surface area contributed by atoms with E-state index in [1.54, 1.807) is 11.3 Å². The van der Waals surface area contributed by atoms with Crippen molar-refractivity contribution < 1.29 is 9.53 Å². The van der Waals surface area contributed by atoms with Crippen LogP contribution in [0, 0.1) is 0 Å². The van der Waals surface area contributed by atoms with Gasteiger partial charge in [0.1, 0.15) is 5.60 Å². The van der Waals surface area contributed by atoms with Crippen LogP contribution in [-0.4, -0.2) is 36.2 Å². The number of hydrogen-bond acceptors (Lipinski definition) is 4. The van der Waals surface area contributed by atoms with Gasteiger partial charge in [-0.25, -0.2) is 4.79 Å². The van der Waals surface area contributed by atoms with Gasteiger partial charge in [0.15, 0.2) is 0 Å². The summed E-state index contributed by atoms with van der Waals surface area (Å²) in [5.41, 5.74) is 0.914. The van der Waals surface area contributed by atoms with E-state index in [1.807, 2.05) is 20.8 Å². The Hall–Kier alpha value is -1.07. The molecule has 1 aliphatic rings. The molecule has 0 aliphatic carbocycles. The summed E-state index contributed by atoms with van der Waals surface area (Å²) in [6.45, 7) is 11.1. The molecule has 0 spiro atoms. The van der Waals surface area contributed by atoms with E-state index in [2.05, 4.69) is 23.2 Å². The molecule has 1 amide bonds. The number of nitrogens with one attached hydrogen (secondary N) is 1. The van der Waals surface area contributed by atoms with Crippen molar-refractivity contribution in [1.82, 2.24) is 4.90 Å². The van der Waals surface area contributed by atoms with E-state index in [-0.39, 0.29) is 6.09 Å². The molecule has 2 rings (SSSR count). The smallest absolute Gasteiger partial charge is 0.412 e. The second-order valence-corrected chi connectivity index (χ2v) is 7.26. The lowest BCUT2D eigenvalue weighted by atomic mass is 10.2. The lowest BCUT2D eigenvalue weighted by Crippen LogP contribution is -2.27. The van der Waals surface area contributed by atoms with E-state index < -0.39 is 5.60 Å². The van der Waals surface area contributed by atoms with Crippen molar-refractivity contribution in [2.45, 2.75) is 46.1 Å². The zero-order valence-electron chi connectivity index (χ0n) is 12.8. The molecule has 2 heterocycles. The van der Waals surface area contributed by atoms with E-state index in [0.29, 0.717) is 0 Å². The molecule has 0 radical (unpaired) electrons. The van der Waals surface area contributed by atoms with Crippen LogP contribution in [0.3, 0.4) is 0 Å². The topological polar surface area (TPSA) is 41.6 Å². The summed E-state index contributed by atoms with van der Waals surface area (Å²) in [6.07, 6.45) is 1.77. The van der Waals surface area contributed by atoms with Gasteiger partial charge in [-0.05, 0) is 51.8 Å². The molecule has 1 aromatic rings. The van der Waals surface area contributed by atoms with Crippen molar-refractivity contribution in [1.29, 1.82) is 0 Å². The highest BCUT2D eigenvalue weighted by atomic mass is 32.1. The van der Waals surface area contributed by atoms with Crippen LogP contribution in [0.15, 0.2) is 6.07 Å². The van der Waals surface area contributed by atoms with E-state index in [0.717, 1.165) is 37.5 Å². The monoisotopic (exact) mass is 296 g/mol. The molecule has 0 fully saturated rings. The minimum atomic E-state index is -0.458. The SMILES string of the molecule is CCN1CCc2cc(NC(=O)OC(C)(C)C)sc2CC1. The van der Waals surface area contributed by atoms with Crippen molar-refractivity contribution >= 4 is 22.4 Å². The van der Waals surface area contributed by atoms with Gasteiger partial charge in [-0.2, -0.15) is 0 Å². The molecule has 112 valence electrons. The largest absolute Gasteiger partial charge is 0.444 e. The fourth-order valence-electron chi connectivity index (χ4n) is 2.32. The van der Waals surface area contributed by atoms with Crippen molar-refractivity contribution in [3.05, 3.63) is 16.5 Å². The molecule has 1 N–H and O–H groups in total. The van der Waals surface area contributed by atoms with E-state index >= 15 is 0 Å². The molecular formula is C15H24N2O2S. The molecule has 0 unspecified atom stereocenters. The fourth-order valence-corrected chi connectivity index (χ4v) is 3.41. The summed E-state index contributed by atoms with van der Waals surface area (Å²) in [7, 11) is 0. The lowest BCUT2D eigenvalue weighted by Gasteiger charge is -2.19. The zero-order valence-corrected chi connectivity index (χ0v) is 13.6. The summed E-state index contributed by atoms with van der Waals surface area (Å²) < 4.78 is 5.28. The van der Waals surface area contributed by atoms with Crippen molar-refractivity contribution in [3.63, 3.8) is 0 Å². The number of hydrogen-bond donors (Lipinski definition) is 1. The zero-order chi connectivity index (χ0) is 14.8. The lowest BCUT2D eigenvalue weighted by molar-refractivity contribution is 0.0636. The summed E-state index contributed by atoms with van der Waals surface area (Å²) in [4.78, 5) is 15.6. The van der Waals surface area contributed by atoms with Crippen molar-refractivity contribution in [2.75, 3.05) is 25.0 Å². The number of likely N-dealkylation sites (N-methyl/N-ethyl adjacent to an activating group) is 1. The highest BCUT2D eigenvalue weighted by Gasteiger charge is 2.19. The van der Waals surface area contributed by atoms with Gasteiger partial charge in [0.05, 0.1) is 5.00 Å². The van der Waals surface area contributed by atoms with E-state index in [4.69, 9.17) is 4.74 Å². The number of rotatable bonds is 2. The molecule has 0 saturated heterocycles. The fraction of sp³-hybridized carbons (Fsp3) is 0.667. The maximum Gasteiger partial charge on any atom is 0.412 e. The van der Waals surface area contributed by atoms with Crippen LogP contribution in [0.5, 0.6) is 0 Å². The minimum absolute atomic E-state index is 0.371. The Labute approximate surface area is 125 Å². The first-order valence-corrected chi connectivity index (χ1v) is 8.03. The molecule has 5 heteroatoms. The average Bonchev–Trinajstić information content (AvgIpc) is 2.59. The van der Waals surface area contributed by atoms with E-state index in [1.165, 1.54) is 10.4 Å². The van der Waals surface area contributed by atoms with E-state index in [9.17, 15) is 4.79 Å². The third-order valence-electron chi connectivity index (χ3n) is 3.32. The molecule has 1 aromatic heterocycles. The summed E-state index contributed by atoms with van der Waals surface area (Å²) >= 11 is 1.68. The van der Waals surface area contributed by atoms with Gasteiger partial charge in [-0.15, -0.1) is 11.3 Å². The number of amides is 1. The van der Waals surface area contributed by atoms with Crippen molar-refractivity contribution in [2.24, 2.45) is 0 Å². The van der Waals surface area contributed by atoms with Gasteiger partial charge in [0, 0.05) is 18.0 Å². The van der Waals surface area contributed by atoms with Gasteiger partial charge in [-0.3, -0.25) is 5.32 Å². The van der Waals surface area contributed by atoms with Crippen LogP contribution >= 0.6 is 11.3 Å². The normalized spacial score (nSPS) is 16.4. The van der Waals surface area contributed by atoms with Crippen molar-refractivity contribution in [3.8, 4) is 0 Å². The van der Waals surface area contributed by atoms with Crippen LogP contribution in [-0.2, 0) is 17.6 Å². The Morgan fingerprint density at radius 3 is 2.75 bits per heavy atom. The second-order valence-electron chi connectivity index (χ2n) is 6.12. The van der Waals surface area contributed by atoms with Gasteiger partial charge in [0.25, 0.3) is 0 Å². The predicted octanol–water partition coefficient (Wildman–Crippen LogP) is 3.52. The summed E-state index contributed by atoms with van der Waals surface area (Å²) in [5.74, 6) is 0. The van der Waals surface area contributed by atoms with Gasteiger partial charge < -0.3 is 9.64 Å². The summed E-state index contributed by atoms with van der Waals surface area (Å²) in [5, 5.41) is 3.74. The number of nitrogens with zero attached hydrogens (tertiary/aromatic N) is 1. The molecule has 4 nitrogen and oxygen atoms in total. The third kappa shape index (κ3) is 4.21. The molecule has 1 aliphatic heterocycles. The third-order valence-corrected chi connectivity index (χ3v) is 4.47. The van der Waals surface area contributed by atoms with Gasteiger partial charge >= 0.3 is 6.09 Å². The first-order valence-electron chi connectivity index (χ1n) is 7.21. The van der Waals surface area contributed by atoms with Gasteiger partial charge in [0.2, 0.25) is 0 Å². The van der Waals surface area contributed by atoms with Crippen LogP contribution in [0.25, 0.3) is 0 Å². The number of carbonyl (C=O) groups excluding carboxylic acids is 1. The first-order chi connectivity index (χ1) is 9.37. The van der Waals surface area contributed by atoms with Crippen LogP contribution in [0.2, 0.25) is 0 Å². The molecular weight excluding hydrogens is 272 g/mol. The Bertz CT molecular complexity index is 451. The number of thiophene rings is 1. The highest BCUT2D eigenvalue weighted by molar-refractivity contribution is 7.16. The maximum absolute atomic E-state index is 11.8. The molecule has 0 bridgehead atoms. The number of ether oxygens (including phenoxy) is 1. The number of anilines is 1. The Morgan fingerprint density at radius 2 is 2.10 bits per heavy atom. The number of carbonyl (C=O) groups is 1. The second kappa shape index (κ2) is 6.14. The first kappa shape index (κ1) is 15.3. The molecule has 0 saturated carbocycles. The van der Waals surface area contributed by atoms with Crippen LogP contribution in [0.4, 0.5) is 9.80 Å². The summed E-state index contributed by atoms with van der Waals surface area (Å²) in [6, 6.07) is 2.10. The Balaban J connectivity index is 1.98. The molecule has 20 heavy (non-hydrogen) atoms. The Morgan fingerprint density at radius 1 is 1.40 bits per heavy atom. The quantitative estimate of drug-likeness (QED) is 0.908. The van der Waals surface area contributed by atoms with Crippen LogP contribution < -0.4 is 5.32 Å². The number of fused-ring (bicyclic) bond motifs is 1. The predicted molar refractivity (Wildman–Crippen MR) is 83.7 cm³/mol. The minimum Gasteiger partial charge on any atom is -0.444 e. The molecule has 0 atom stereocenters. The van der Waals surface area contributed by atoms with Crippen LogP contribution in [0.1, 0.15) is 38.1 Å². The standard InChI is InChI=1S/C15H24N2O2S/c1-5-17-8-6-11-10-13(20-12(11)7-9-17)16-14(18)19-15(2,3)4/h10H,5-9H2,1-4H3,(H,16,18). The Kier molecular flexibility index (Phi) is 4.70. The average molecular weight is 296 g/mol. The molecule has 0 aromatic carbocycles. The maximum atomic E-state index is 11.8.